The first kappa shape index (κ1) is 18.7. The second-order valence-electron chi connectivity index (χ2n) is 7.74. The summed E-state index contributed by atoms with van der Waals surface area (Å²) in [5, 5.41) is 0. The van der Waals surface area contributed by atoms with Crippen molar-refractivity contribution in [1.29, 1.82) is 0 Å². The van der Waals surface area contributed by atoms with Crippen molar-refractivity contribution in [3.8, 4) is 0 Å². The largest absolute Gasteiger partial charge is 0.358 e. The van der Waals surface area contributed by atoms with E-state index in [1.165, 1.54) is 6.07 Å². The predicted molar refractivity (Wildman–Crippen MR) is 106 cm³/mol. The highest BCUT2D eigenvalue weighted by Gasteiger charge is 2.28. The Morgan fingerprint density at radius 1 is 1.11 bits per heavy atom. The zero-order chi connectivity index (χ0) is 19.5. The molecule has 1 saturated carbocycles. The maximum atomic E-state index is 14.4. The van der Waals surface area contributed by atoms with Crippen LogP contribution < -0.4 is 4.90 Å². The van der Waals surface area contributed by atoms with Gasteiger partial charge in [-0.3, -0.25) is 9.59 Å². The summed E-state index contributed by atoms with van der Waals surface area (Å²) >= 11 is 0. The van der Waals surface area contributed by atoms with Crippen LogP contribution in [0.5, 0.6) is 0 Å². The fraction of sp³-hybridized carbons (Fsp3) is 0.455. The maximum absolute atomic E-state index is 14.4. The van der Waals surface area contributed by atoms with Crippen molar-refractivity contribution in [3.63, 3.8) is 0 Å². The van der Waals surface area contributed by atoms with Crippen LogP contribution in [-0.4, -0.2) is 47.3 Å². The average Bonchev–Trinajstić information content (AvgIpc) is 3.48. The number of H-pyrrole nitrogens is 1. The van der Waals surface area contributed by atoms with E-state index in [1.54, 1.807) is 30.5 Å². The molecule has 0 spiro atoms. The zero-order valence-corrected chi connectivity index (χ0v) is 16.0. The Labute approximate surface area is 164 Å². The number of nitrogens with zero attached hydrogens (tertiary/aromatic N) is 2. The van der Waals surface area contributed by atoms with Gasteiger partial charge in [-0.15, -0.1) is 0 Å². The van der Waals surface area contributed by atoms with E-state index in [9.17, 15) is 14.0 Å². The van der Waals surface area contributed by atoms with Crippen LogP contribution in [0.1, 0.15) is 59.4 Å². The third kappa shape index (κ3) is 3.81. The normalized spacial score (nSPS) is 17.2. The molecule has 0 unspecified atom stereocenters. The number of likely N-dealkylation sites (tertiary alicyclic amines) is 1. The first-order valence-corrected chi connectivity index (χ1v) is 10.2. The SMILES string of the molecule is O=C(CN(c1ccccc1F)C1CCCC1)c1c[nH]c(C(=O)N2CCCC2)c1. The minimum atomic E-state index is -0.304. The Kier molecular flexibility index (Phi) is 5.46. The molecule has 2 fully saturated rings. The number of hydrogen-bond donors (Lipinski definition) is 1. The smallest absolute Gasteiger partial charge is 0.270 e. The second kappa shape index (κ2) is 8.17. The molecule has 4 rings (SSSR count). The standard InChI is InChI=1S/C22H26FN3O2/c23-18-9-3-4-10-20(18)26(17-7-1-2-8-17)15-21(27)16-13-19(24-14-16)22(28)25-11-5-6-12-25/h3-4,9-10,13-14,17,24H,1-2,5-8,11-12,15H2. The van der Waals surface area contributed by atoms with Gasteiger partial charge in [0.1, 0.15) is 11.5 Å². The molecule has 1 aliphatic carbocycles. The topological polar surface area (TPSA) is 56.4 Å². The van der Waals surface area contributed by atoms with Crippen molar-refractivity contribution in [1.82, 2.24) is 9.88 Å². The Bertz CT molecular complexity index is 851. The van der Waals surface area contributed by atoms with Crippen molar-refractivity contribution < 1.29 is 14.0 Å². The highest BCUT2D eigenvalue weighted by atomic mass is 19.1. The Balaban J connectivity index is 1.51. The first-order chi connectivity index (χ1) is 13.6. The number of anilines is 1. The number of carbonyl (C=O) groups is 2. The highest BCUT2D eigenvalue weighted by Crippen LogP contribution is 2.30. The number of benzene rings is 1. The van der Waals surface area contributed by atoms with Gasteiger partial charge in [0, 0.05) is 30.9 Å². The van der Waals surface area contributed by atoms with E-state index in [0.717, 1.165) is 51.6 Å². The van der Waals surface area contributed by atoms with Crippen LogP contribution in [0, 0.1) is 5.82 Å². The summed E-state index contributed by atoms with van der Waals surface area (Å²) in [6.07, 6.45) is 7.78. The molecule has 1 amide bonds. The van der Waals surface area contributed by atoms with Gasteiger partial charge < -0.3 is 14.8 Å². The molecule has 1 aliphatic heterocycles. The molecule has 0 bridgehead atoms. The number of aromatic nitrogens is 1. The number of nitrogens with one attached hydrogen (secondary N) is 1. The van der Waals surface area contributed by atoms with Gasteiger partial charge >= 0.3 is 0 Å². The summed E-state index contributed by atoms with van der Waals surface area (Å²) in [6.45, 7) is 1.65. The Morgan fingerprint density at radius 2 is 1.82 bits per heavy atom. The number of Topliss-reactive ketones (excluding diaryl/α,β-unsaturated/α-hetero) is 1. The lowest BCUT2D eigenvalue weighted by atomic mass is 10.1. The van der Waals surface area contributed by atoms with Crippen LogP contribution in [0.3, 0.4) is 0 Å². The molecule has 1 saturated heterocycles. The summed E-state index contributed by atoms with van der Waals surface area (Å²) in [5.41, 5.74) is 1.40. The summed E-state index contributed by atoms with van der Waals surface area (Å²) in [5.74, 6) is -0.466. The third-order valence-electron chi connectivity index (χ3n) is 5.87. The molecular formula is C22H26FN3O2. The van der Waals surface area contributed by atoms with E-state index in [2.05, 4.69) is 4.98 Å². The molecule has 1 aromatic heterocycles. The molecule has 148 valence electrons. The van der Waals surface area contributed by atoms with E-state index in [4.69, 9.17) is 0 Å². The third-order valence-corrected chi connectivity index (χ3v) is 5.87. The van der Waals surface area contributed by atoms with Gasteiger partial charge in [-0.1, -0.05) is 25.0 Å². The quantitative estimate of drug-likeness (QED) is 0.767. The number of carbonyl (C=O) groups excluding carboxylic acids is 2. The van der Waals surface area contributed by atoms with Gasteiger partial charge in [-0.25, -0.2) is 4.39 Å². The van der Waals surface area contributed by atoms with E-state index in [1.807, 2.05) is 9.80 Å². The van der Waals surface area contributed by atoms with Crippen LogP contribution in [0.2, 0.25) is 0 Å². The van der Waals surface area contributed by atoms with E-state index >= 15 is 0 Å². The molecule has 1 N–H and O–H groups in total. The maximum Gasteiger partial charge on any atom is 0.270 e. The lowest BCUT2D eigenvalue weighted by Gasteiger charge is -2.30. The predicted octanol–water partition coefficient (Wildman–Crippen LogP) is 4.02. The zero-order valence-electron chi connectivity index (χ0n) is 16.0. The van der Waals surface area contributed by atoms with E-state index in [-0.39, 0.29) is 30.1 Å². The number of hydrogen-bond acceptors (Lipinski definition) is 3. The molecule has 0 atom stereocenters. The molecule has 0 radical (unpaired) electrons. The van der Waals surface area contributed by atoms with E-state index in [0.29, 0.717) is 16.9 Å². The number of rotatable bonds is 6. The minimum Gasteiger partial charge on any atom is -0.358 e. The van der Waals surface area contributed by atoms with Crippen LogP contribution in [0.25, 0.3) is 0 Å². The number of ketones is 1. The van der Waals surface area contributed by atoms with Crippen LogP contribution >= 0.6 is 0 Å². The number of amides is 1. The molecule has 5 nitrogen and oxygen atoms in total. The van der Waals surface area contributed by atoms with Gasteiger partial charge in [0.2, 0.25) is 0 Å². The molecule has 2 aliphatic rings. The first-order valence-electron chi connectivity index (χ1n) is 10.2. The summed E-state index contributed by atoms with van der Waals surface area (Å²) < 4.78 is 14.4. The second-order valence-corrected chi connectivity index (χ2v) is 7.74. The summed E-state index contributed by atoms with van der Waals surface area (Å²) in [4.78, 5) is 32.1. The van der Waals surface area contributed by atoms with Gasteiger partial charge in [-0.05, 0) is 43.9 Å². The Hall–Kier alpha value is -2.63. The monoisotopic (exact) mass is 383 g/mol. The fourth-order valence-corrected chi connectivity index (χ4v) is 4.33. The Morgan fingerprint density at radius 3 is 2.54 bits per heavy atom. The molecule has 6 heteroatoms. The van der Waals surface area contributed by atoms with Crippen molar-refractivity contribution in [2.75, 3.05) is 24.5 Å². The molecular weight excluding hydrogens is 357 g/mol. The van der Waals surface area contributed by atoms with Crippen LogP contribution in [0.15, 0.2) is 36.5 Å². The van der Waals surface area contributed by atoms with Crippen molar-refractivity contribution in [2.24, 2.45) is 0 Å². The molecule has 28 heavy (non-hydrogen) atoms. The highest BCUT2D eigenvalue weighted by molar-refractivity contribution is 6.02. The summed E-state index contributed by atoms with van der Waals surface area (Å²) in [6, 6.07) is 8.44. The number of halogens is 1. The van der Waals surface area contributed by atoms with Crippen LogP contribution in [0.4, 0.5) is 10.1 Å². The van der Waals surface area contributed by atoms with Crippen LogP contribution in [-0.2, 0) is 0 Å². The van der Waals surface area contributed by atoms with Crippen molar-refractivity contribution >= 4 is 17.4 Å². The van der Waals surface area contributed by atoms with Gasteiger partial charge in [0.05, 0.1) is 12.2 Å². The molecule has 2 heterocycles. The van der Waals surface area contributed by atoms with Crippen molar-refractivity contribution in [3.05, 3.63) is 53.6 Å². The minimum absolute atomic E-state index is 0.0571. The van der Waals surface area contributed by atoms with E-state index < -0.39 is 0 Å². The van der Waals surface area contributed by atoms with Crippen molar-refractivity contribution in [2.45, 2.75) is 44.6 Å². The van der Waals surface area contributed by atoms with Gasteiger partial charge in [0.15, 0.2) is 5.78 Å². The lowest BCUT2D eigenvalue weighted by molar-refractivity contribution is 0.0787. The average molecular weight is 383 g/mol. The number of para-hydroxylation sites is 1. The molecule has 2 aromatic rings. The summed E-state index contributed by atoms with van der Waals surface area (Å²) in [7, 11) is 0. The lowest BCUT2D eigenvalue weighted by Crippen LogP contribution is -2.38. The number of aromatic amines is 1. The van der Waals surface area contributed by atoms with Gasteiger partial charge in [-0.2, -0.15) is 0 Å². The fourth-order valence-electron chi connectivity index (χ4n) is 4.33. The van der Waals surface area contributed by atoms with Gasteiger partial charge in [0.25, 0.3) is 5.91 Å². The molecule has 1 aromatic carbocycles.